The highest BCUT2D eigenvalue weighted by Gasteiger charge is 2.22. The molecule has 1 heterocycles. The molecule has 1 unspecified atom stereocenters. The van der Waals surface area contributed by atoms with Crippen LogP contribution in [0.2, 0.25) is 0 Å². The molecule has 0 saturated carbocycles. The van der Waals surface area contributed by atoms with E-state index < -0.39 is 0 Å². The molecule has 0 bridgehead atoms. The molecular weight excluding hydrogens is 322 g/mol. The predicted molar refractivity (Wildman–Crippen MR) is 96.5 cm³/mol. The number of carbonyl (C=O) groups is 1. The molecule has 6 nitrogen and oxygen atoms in total. The molecule has 1 atom stereocenters. The van der Waals surface area contributed by atoms with Crippen molar-refractivity contribution in [3.63, 3.8) is 0 Å². The highest BCUT2D eigenvalue weighted by Crippen LogP contribution is 2.25. The van der Waals surface area contributed by atoms with Crippen LogP contribution in [0.25, 0.3) is 5.69 Å². The summed E-state index contributed by atoms with van der Waals surface area (Å²) in [4.78, 5) is 14.2. The Morgan fingerprint density at radius 2 is 1.79 bits per heavy atom. The van der Waals surface area contributed by atoms with Gasteiger partial charge in [-0.15, -0.1) is 5.10 Å². The second-order valence-corrected chi connectivity index (χ2v) is 7.20. The minimum atomic E-state index is -0.232. The van der Waals surface area contributed by atoms with E-state index in [9.17, 15) is 4.79 Å². The number of amides is 1. The molecule has 7 heteroatoms. The van der Waals surface area contributed by atoms with E-state index in [2.05, 4.69) is 41.5 Å². The molecule has 2 rings (SSSR count). The molecule has 130 valence electrons. The molecule has 0 saturated heterocycles. The lowest BCUT2D eigenvalue weighted by Gasteiger charge is -2.22. The lowest BCUT2D eigenvalue weighted by Crippen LogP contribution is -2.36. The number of hydrogen-bond donors (Lipinski definition) is 0. The maximum Gasteiger partial charge on any atom is 0.235 e. The van der Waals surface area contributed by atoms with Gasteiger partial charge < -0.3 is 4.90 Å². The van der Waals surface area contributed by atoms with Crippen LogP contribution in [0.1, 0.15) is 46.1 Å². The molecule has 0 aliphatic carbocycles. The minimum absolute atomic E-state index is 0.106. The molecule has 0 N–H and O–H groups in total. The summed E-state index contributed by atoms with van der Waals surface area (Å²) in [7, 11) is 0. The number of hydrogen-bond acceptors (Lipinski definition) is 5. The fourth-order valence-electron chi connectivity index (χ4n) is 2.42. The van der Waals surface area contributed by atoms with Crippen molar-refractivity contribution in [1.82, 2.24) is 25.1 Å². The molecule has 0 radical (unpaired) electrons. The SMILES string of the molecule is CCN(CC)C(=O)C(C)Sc1nnnn1-c1ccc(C(C)C)cc1. The normalized spacial score (nSPS) is 12.4. The van der Waals surface area contributed by atoms with Gasteiger partial charge in [0, 0.05) is 13.1 Å². The number of rotatable bonds is 7. The summed E-state index contributed by atoms with van der Waals surface area (Å²) in [5, 5.41) is 12.3. The summed E-state index contributed by atoms with van der Waals surface area (Å²) in [6, 6.07) is 8.18. The number of tetrazole rings is 1. The lowest BCUT2D eigenvalue weighted by atomic mass is 10.0. The molecule has 0 aliphatic rings. The first-order valence-corrected chi connectivity index (χ1v) is 9.20. The number of carbonyl (C=O) groups excluding carboxylic acids is 1. The van der Waals surface area contributed by atoms with Crippen LogP contribution in [0, 0.1) is 0 Å². The molecule has 0 fully saturated rings. The van der Waals surface area contributed by atoms with Crippen LogP contribution >= 0.6 is 11.8 Å². The second-order valence-electron chi connectivity index (χ2n) is 5.89. The first kappa shape index (κ1) is 18.4. The van der Waals surface area contributed by atoms with Gasteiger partial charge in [-0.25, -0.2) is 0 Å². The number of nitrogens with zero attached hydrogens (tertiary/aromatic N) is 5. The zero-order valence-electron chi connectivity index (χ0n) is 14.9. The first-order valence-electron chi connectivity index (χ1n) is 8.32. The Hall–Kier alpha value is -1.89. The fourth-order valence-corrected chi connectivity index (χ4v) is 3.31. The van der Waals surface area contributed by atoms with Crippen molar-refractivity contribution in [2.24, 2.45) is 0 Å². The Morgan fingerprint density at radius 1 is 1.17 bits per heavy atom. The summed E-state index contributed by atoms with van der Waals surface area (Å²) in [5.74, 6) is 0.586. The maximum absolute atomic E-state index is 12.4. The van der Waals surface area contributed by atoms with Gasteiger partial charge in [-0.2, -0.15) is 4.68 Å². The third kappa shape index (κ3) is 4.14. The van der Waals surface area contributed by atoms with Gasteiger partial charge in [0.2, 0.25) is 11.1 Å². The van der Waals surface area contributed by atoms with Crippen molar-refractivity contribution in [2.75, 3.05) is 13.1 Å². The predicted octanol–water partition coefficient (Wildman–Crippen LogP) is 3.13. The largest absolute Gasteiger partial charge is 0.342 e. The molecule has 1 aromatic heterocycles. The number of benzene rings is 1. The van der Waals surface area contributed by atoms with Crippen LogP contribution in [-0.2, 0) is 4.79 Å². The van der Waals surface area contributed by atoms with Crippen molar-refractivity contribution in [3.05, 3.63) is 29.8 Å². The van der Waals surface area contributed by atoms with Crippen LogP contribution in [0.5, 0.6) is 0 Å². The van der Waals surface area contributed by atoms with Gasteiger partial charge in [-0.1, -0.05) is 37.7 Å². The Morgan fingerprint density at radius 3 is 2.33 bits per heavy atom. The highest BCUT2D eigenvalue weighted by atomic mass is 32.2. The average Bonchev–Trinajstić information content (AvgIpc) is 3.04. The molecule has 2 aromatic rings. The number of thioether (sulfide) groups is 1. The molecular formula is C17H25N5OS. The quantitative estimate of drug-likeness (QED) is 0.720. The molecule has 0 aliphatic heterocycles. The maximum atomic E-state index is 12.4. The molecule has 1 aromatic carbocycles. The van der Waals surface area contributed by atoms with E-state index in [-0.39, 0.29) is 11.2 Å². The Balaban J connectivity index is 2.16. The summed E-state index contributed by atoms with van der Waals surface area (Å²) in [5.41, 5.74) is 2.17. The highest BCUT2D eigenvalue weighted by molar-refractivity contribution is 8.00. The molecule has 0 spiro atoms. The van der Waals surface area contributed by atoms with E-state index in [0.717, 1.165) is 5.69 Å². The Bertz CT molecular complexity index is 664. The van der Waals surface area contributed by atoms with Gasteiger partial charge in [0.1, 0.15) is 0 Å². The van der Waals surface area contributed by atoms with Crippen LogP contribution < -0.4 is 0 Å². The van der Waals surface area contributed by atoms with E-state index in [0.29, 0.717) is 24.2 Å². The van der Waals surface area contributed by atoms with E-state index in [4.69, 9.17) is 0 Å². The van der Waals surface area contributed by atoms with Gasteiger partial charge in [0.05, 0.1) is 10.9 Å². The third-order valence-corrected chi connectivity index (χ3v) is 4.97. The first-order chi connectivity index (χ1) is 11.5. The second kappa shape index (κ2) is 8.28. The van der Waals surface area contributed by atoms with Gasteiger partial charge in [-0.05, 0) is 54.8 Å². The van der Waals surface area contributed by atoms with Crippen molar-refractivity contribution in [2.45, 2.75) is 50.9 Å². The van der Waals surface area contributed by atoms with E-state index in [1.807, 2.05) is 37.8 Å². The molecule has 1 amide bonds. The van der Waals surface area contributed by atoms with Crippen LogP contribution in [0.3, 0.4) is 0 Å². The van der Waals surface area contributed by atoms with E-state index >= 15 is 0 Å². The van der Waals surface area contributed by atoms with Crippen molar-refractivity contribution in [1.29, 1.82) is 0 Å². The zero-order chi connectivity index (χ0) is 17.7. The summed E-state index contributed by atoms with van der Waals surface area (Å²) >= 11 is 1.39. The van der Waals surface area contributed by atoms with Gasteiger partial charge >= 0.3 is 0 Å². The Kier molecular flexibility index (Phi) is 6.36. The van der Waals surface area contributed by atoms with Crippen molar-refractivity contribution >= 4 is 17.7 Å². The van der Waals surface area contributed by atoms with Crippen molar-refractivity contribution in [3.8, 4) is 5.69 Å². The Labute approximate surface area is 147 Å². The van der Waals surface area contributed by atoms with E-state index in [1.54, 1.807) is 4.68 Å². The van der Waals surface area contributed by atoms with Gasteiger partial charge in [0.15, 0.2) is 0 Å². The van der Waals surface area contributed by atoms with Gasteiger partial charge in [0.25, 0.3) is 0 Å². The lowest BCUT2D eigenvalue weighted by molar-refractivity contribution is -0.129. The summed E-state index contributed by atoms with van der Waals surface area (Å²) in [6.45, 7) is 11.6. The third-order valence-electron chi connectivity index (χ3n) is 3.95. The monoisotopic (exact) mass is 347 g/mol. The standard InChI is InChI=1S/C17H25N5OS/c1-6-21(7-2)16(23)13(5)24-17-18-19-20-22(17)15-10-8-14(9-11-15)12(3)4/h8-13H,6-7H2,1-5H3. The topological polar surface area (TPSA) is 63.9 Å². The zero-order valence-corrected chi connectivity index (χ0v) is 15.7. The van der Waals surface area contributed by atoms with Crippen LogP contribution in [-0.4, -0.2) is 49.4 Å². The van der Waals surface area contributed by atoms with E-state index in [1.165, 1.54) is 17.3 Å². The molecule has 24 heavy (non-hydrogen) atoms. The van der Waals surface area contributed by atoms with Gasteiger partial charge in [-0.3, -0.25) is 4.79 Å². The number of aromatic nitrogens is 4. The van der Waals surface area contributed by atoms with Crippen LogP contribution in [0.15, 0.2) is 29.4 Å². The smallest absolute Gasteiger partial charge is 0.235 e. The minimum Gasteiger partial charge on any atom is -0.342 e. The summed E-state index contributed by atoms with van der Waals surface area (Å²) < 4.78 is 1.68. The van der Waals surface area contributed by atoms with Crippen LogP contribution in [0.4, 0.5) is 0 Å². The van der Waals surface area contributed by atoms with Crippen molar-refractivity contribution < 1.29 is 4.79 Å². The fraction of sp³-hybridized carbons (Fsp3) is 0.529. The summed E-state index contributed by atoms with van der Waals surface area (Å²) in [6.07, 6.45) is 0. The average molecular weight is 347 g/mol.